The molecule has 0 unspecified atom stereocenters. The molecular formula is C18H18N4O4S. The SMILES string of the molecule is CN(CC(=O)NCc1ccccn1)S(=O)(=O)c1ccc2[nH]c(=O)ccc2c1. The number of nitrogens with one attached hydrogen (secondary N) is 2. The maximum Gasteiger partial charge on any atom is 0.248 e. The number of hydrogen-bond donors (Lipinski definition) is 2. The molecule has 0 fully saturated rings. The Morgan fingerprint density at radius 2 is 2.00 bits per heavy atom. The molecule has 8 nitrogen and oxygen atoms in total. The van der Waals surface area contributed by atoms with E-state index < -0.39 is 15.9 Å². The van der Waals surface area contributed by atoms with Crippen molar-refractivity contribution in [1.82, 2.24) is 19.6 Å². The number of aromatic amines is 1. The van der Waals surface area contributed by atoms with Crippen molar-refractivity contribution in [1.29, 1.82) is 0 Å². The number of amides is 1. The summed E-state index contributed by atoms with van der Waals surface area (Å²) in [6.45, 7) is -0.101. The van der Waals surface area contributed by atoms with Crippen LogP contribution in [0, 0.1) is 0 Å². The first kappa shape index (κ1) is 18.7. The number of pyridine rings is 2. The Morgan fingerprint density at radius 3 is 2.74 bits per heavy atom. The molecule has 0 aliphatic carbocycles. The Labute approximate surface area is 155 Å². The van der Waals surface area contributed by atoms with Crippen LogP contribution in [0.1, 0.15) is 5.69 Å². The zero-order valence-electron chi connectivity index (χ0n) is 14.5. The summed E-state index contributed by atoms with van der Waals surface area (Å²) in [5.41, 5.74) is 0.955. The summed E-state index contributed by atoms with van der Waals surface area (Å²) < 4.78 is 26.4. The second-order valence-corrected chi connectivity index (χ2v) is 7.98. The summed E-state index contributed by atoms with van der Waals surface area (Å²) in [7, 11) is -2.51. The van der Waals surface area contributed by atoms with E-state index in [1.165, 1.54) is 31.3 Å². The third kappa shape index (κ3) is 4.39. The highest BCUT2D eigenvalue weighted by Crippen LogP contribution is 2.19. The van der Waals surface area contributed by atoms with Gasteiger partial charge in [-0.05, 0) is 41.8 Å². The molecule has 2 heterocycles. The fourth-order valence-electron chi connectivity index (χ4n) is 2.51. The fraction of sp³-hybridized carbons (Fsp3) is 0.167. The van der Waals surface area contributed by atoms with Gasteiger partial charge in [0.05, 0.1) is 23.7 Å². The average molecular weight is 386 g/mol. The molecule has 3 aromatic rings. The quantitative estimate of drug-likeness (QED) is 0.653. The molecule has 0 spiro atoms. The number of hydrogen-bond acceptors (Lipinski definition) is 5. The van der Waals surface area contributed by atoms with Crippen molar-refractivity contribution in [3.63, 3.8) is 0 Å². The molecule has 0 bridgehead atoms. The molecule has 9 heteroatoms. The summed E-state index contributed by atoms with van der Waals surface area (Å²) in [5.74, 6) is -0.433. The van der Waals surface area contributed by atoms with Crippen molar-refractivity contribution in [2.24, 2.45) is 0 Å². The summed E-state index contributed by atoms with van der Waals surface area (Å²) >= 11 is 0. The molecule has 2 N–H and O–H groups in total. The highest BCUT2D eigenvalue weighted by molar-refractivity contribution is 7.89. The second kappa shape index (κ2) is 7.68. The topological polar surface area (TPSA) is 112 Å². The maximum absolute atomic E-state index is 12.7. The Bertz CT molecular complexity index is 1130. The number of carbonyl (C=O) groups excluding carboxylic acids is 1. The molecule has 3 rings (SSSR count). The minimum Gasteiger partial charge on any atom is -0.349 e. The van der Waals surface area contributed by atoms with Crippen LogP contribution in [0.3, 0.4) is 0 Å². The summed E-state index contributed by atoms with van der Waals surface area (Å²) in [6, 6.07) is 12.6. The van der Waals surface area contributed by atoms with Gasteiger partial charge in [-0.15, -0.1) is 0 Å². The van der Waals surface area contributed by atoms with Gasteiger partial charge in [-0.2, -0.15) is 4.31 Å². The Morgan fingerprint density at radius 1 is 1.19 bits per heavy atom. The van der Waals surface area contributed by atoms with Gasteiger partial charge in [0, 0.05) is 24.8 Å². The summed E-state index contributed by atoms with van der Waals surface area (Å²) in [5, 5.41) is 3.23. The molecule has 0 atom stereocenters. The Balaban J connectivity index is 1.71. The number of fused-ring (bicyclic) bond motifs is 1. The molecule has 0 aliphatic heterocycles. The van der Waals surface area contributed by atoms with Crippen molar-refractivity contribution in [2.75, 3.05) is 13.6 Å². The first-order valence-corrected chi connectivity index (χ1v) is 9.56. The van der Waals surface area contributed by atoms with Crippen LogP contribution in [-0.2, 0) is 21.4 Å². The lowest BCUT2D eigenvalue weighted by Gasteiger charge is -2.17. The van der Waals surface area contributed by atoms with Crippen LogP contribution in [0.5, 0.6) is 0 Å². The first-order valence-electron chi connectivity index (χ1n) is 8.12. The minimum atomic E-state index is -3.85. The van der Waals surface area contributed by atoms with Crippen LogP contribution < -0.4 is 10.9 Å². The molecule has 0 radical (unpaired) electrons. The van der Waals surface area contributed by atoms with E-state index in [-0.39, 0.29) is 23.5 Å². The molecule has 0 saturated carbocycles. The van der Waals surface area contributed by atoms with E-state index in [1.54, 1.807) is 30.5 Å². The van der Waals surface area contributed by atoms with Crippen LogP contribution >= 0.6 is 0 Å². The Hall–Kier alpha value is -3.04. The normalized spacial score (nSPS) is 11.6. The van der Waals surface area contributed by atoms with Gasteiger partial charge in [0.15, 0.2) is 0 Å². The van der Waals surface area contributed by atoms with Crippen molar-refractivity contribution in [3.05, 3.63) is 70.8 Å². The van der Waals surface area contributed by atoms with Gasteiger partial charge >= 0.3 is 0 Å². The van der Waals surface area contributed by atoms with Gasteiger partial charge in [-0.25, -0.2) is 8.42 Å². The van der Waals surface area contributed by atoms with Gasteiger partial charge in [0.1, 0.15) is 0 Å². The van der Waals surface area contributed by atoms with Crippen LogP contribution in [0.2, 0.25) is 0 Å². The van der Waals surface area contributed by atoms with Crippen molar-refractivity contribution in [3.8, 4) is 0 Å². The highest BCUT2D eigenvalue weighted by Gasteiger charge is 2.23. The zero-order chi connectivity index (χ0) is 19.4. The number of H-pyrrole nitrogens is 1. The molecule has 2 aromatic heterocycles. The monoisotopic (exact) mass is 386 g/mol. The van der Waals surface area contributed by atoms with E-state index in [4.69, 9.17) is 0 Å². The Kier molecular flexibility index (Phi) is 5.33. The largest absolute Gasteiger partial charge is 0.349 e. The molecule has 27 heavy (non-hydrogen) atoms. The number of nitrogens with zero attached hydrogens (tertiary/aromatic N) is 2. The second-order valence-electron chi connectivity index (χ2n) is 5.93. The smallest absolute Gasteiger partial charge is 0.248 e. The lowest BCUT2D eigenvalue weighted by molar-refractivity contribution is -0.121. The van der Waals surface area contributed by atoms with Gasteiger partial charge in [0.25, 0.3) is 0 Å². The number of likely N-dealkylation sites (N-methyl/N-ethyl adjacent to an activating group) is 1. The molecular weight excluding hydrogens is 368 g/mol. The molecule has 0 aliphatic rings. The average Bonchev–Trinajstić information content (AvgIpc) is 2.66. The van der Waals surface area contributed by atoms with Crippen LogP contribution in [-0.4, -0.2) is 42.2 Å². The van der Waals surface area contributed by atoms with Gasteiger partial charge in [-0.3, -0.25) is 14.6 Å². The minimum absolute atomic E-state index is 0.0436. The van der Waals surface area contributed by atoms with Gasteiger partial charge < -0.3 is 10.3 Å². The molecule has 1 aromatic carbocycles. The molecule has 140 valence electrons. The number of rotatable bonds is 6. The van der Waals surface area contributed by atoms with E-state index in [1.807, 2.05) is 0 Å². The number of carbonyl (C=O) groups is 1. The lowest BCUT2D eigenvalue weighted by atomic mass is 10.2. The van der Waals surface area contributed by atoms with Crippen molar-refractivity contribution in [2.45, 2.75) is 11.4 Å². The predicted octanol–water partition coefficient (Wildman–Crippen LogP) is 0.860. The number of aromatic nitrogens is 2. The zero-order valence-corrected chi connectivity index (χ0v) is 15.4. The fourth-order valence-corrected chi connectivity index (χ4v) is 3.67. The van der Waals surface area contributed by atoms with Gasteiger partial charge in [-0.1, -0.05) is 6.07 Å². The third-order valence-corrected chi connectivity index (χ3v) is 5.76. The third-order valence-electron chi connectivity index (χ3n) is 3.96. The molecule has 0 saturated heterocycles. The first-order chi connectivity index (χ1) is 12.9. The highest BCUT2D eigenvalue weighted by atomic mass is 32.2. The van der Waals surface area contributed by atoms with Crippen LogP contribution in [0.4, 0.5) is 0 Å². The van der Waals surface area contributed by atoms with E-state index in [0.717, 1.165) is 4.31 Å². The standard InChI is InChI=1S/C18H18N4O4S/c1-22(12-18(24)20-11-14-4-2-3-9-19-14)27(25,26)15-6-7-16-13(10-15)5-8-17(23)21-16/h2-10H,11-12H2,1H3,(H,20,24)(H,21,23). The van der Waals surface area contributed by atoms with E-state index in [0.29, 0.717) is 16.6 Å². The lowest BCUT2D eigenvalue weighted by Crippen LogP contribution is -2.38. The summed E-state index contributed by atoms with van der Waals surface area (Å²) in [4.78, 5) is 30.2. The van der Waals surface area contributed by atoms with E-state index >= 15 is 0 Å². The van der Waals surface area contributed by atoms with Crippen LogP contribution in [0.25, 0.3) is 10.9 Å². The summed E-state index contributed by atoms with van der Waals surface area (Å²) in [6.07, 6.45) is 1.62. The molecule has 1 amide bonds. The van der Waals surface area contributed by atoms with Crippen LogP contribution in [0.15, 0.2) is 64.4 Å². The predicted molar refractivity (Wildman–Crippen MR) is 100 cm³/mol. The van der Waals surface area contributed by atoms with Crippen molar-refractivity contribution < 1.29 is 13.2 Å². The van der Waals surface area contributed by atoms with Gasteiger partial charge in [0.2, 0.25) is 21.5 Å². The van der Waals surface area contributed by atoms with Crippen molar-refractivity contribution >= 4 is 26.8 Å². The van der Waals surface area contributed by atoms with E-state index in [9.17, 15) is 18.0 Å². The van der Waals surface area contributed by atoms with E-state index in [2.05, 4.69) is 15.3 Å². The number of sulfonamides is 1. The number of benzene rings is 1. The maximum atomic E-state index is 12.7.